The molecule has 2 unspecified atom stereocenters. The fourth-order valence-corrected chi connectivity index (χ4v) is 1.82. The molecule has 0 fully saturated rings. The Labute approximate surface area is 115 Å². The third-order valence-electron chi connectivity index (χ3n) is 2.38. The van der Waals surface area contributed by atoms with Gasteiger partial charge in [0.25, 0.3) is 0 Å². The normalized spacial score (nSPS) is 13.7. The molecule has 0 aliphatic carbocycles. The summed E-state index contributed by atoms with van der Waals surface area (Å²) in [6.07, 6.45) is 2.15. The van der Waals surface area contributed by atoms with Crippen molar-refractivity contribution in [3.05, 3.63) is 30.1 Å². The summed E-state index contributed by atoms with van der Waals surface area (Å²) < 4.78 is 5.25. The van der Waals surface area contributed by atoms with Crippen LogP contribution in [0.1, 0.15) is 18.4 Å². The van der Waals surface area contributed by atoms with Crippen molar-refractivity contribution in [2.24, 2.45) is 0 Å². The summed E-state index contributed by atoms with van der Waals surface area (Å²) in [5.74, 6) is -2.24. The highest BCUT2D eigenvalue weighted by molar-refractivity contribution is 7.80. The molecule has 104 valence electrons. The number of thiol groups is 1. The minimum Gasteiger partial charge on any atom is -0.481 e. The molecule has 1 aromatic heterocycles. The van der Waals surface area contributed by atoms with Gasteiger partial charge in [-0.1, -0.05) is 0 Å². The van der Waals surface area contributed by atoms with Crippen LogP contribution < -0.4 is 0 Å². The first-order valence-electron chi connectivity index (χ1n) is 5.66. The van der Waals surface area contributed by atoms with Crippen LogP contribution in [0.25, 0.3) is 0 Å². The number of carboxylic acid groups (broad SMARTS) is 2. The van der Waals surface area contributed by atoms with E-state index in [0.717, 1.165) is 5.56 Å². The summed E-state index contributed by atoms with van der Waals surface area (Å²) in [4.78, 5) is 25.2. The Kier molecular flexibility index (Phi) is 6.31. The monoisotopic (exact) mass is 285 g/mol. The summed E-state index contributed by atoms with van der Waals surface area (Å²) in [5.41, 5.74) is 0.301. The van der Waals surface area contributed by atoms with Crippen molar-refractivity contribution in [2.45, 2.75) is 30.8 Å². The van der Waals surface area contributed by atoms with Crippen molar-refractivity contribution in [3.63, 3.8) is 0 Å². The maximum absolute atomic E-state index is 10.9. The first-order chi connectivity index (χ1) is 8.99. The van der Waals surface area contributed by atoms with Gasteiger partial charge in [0.1, 0.15) is 5.44 Å². The highest BCUT2D eigenvalue weighted by Crippen LogP contribution is 2.13. The number of rotatable bonds is 8. The first kappa shape index (κ1) is 15.5. The van der Waals surface area contributed by atoms with E-state index in [4.69, 9.17) is 14.9 Å². The Morgan fingerprint density at radius 1 is 1.32 bits per heavy atom. The van der Waals surface area contributed by atoms with Crippen molar-refractivity contribution in [1.29, 1.82) is 0 Å². The summed E-state index contributed by atoms with van der Waals surface area (Å²) in [6, 6.07) is 3.55. The van der Waals surface area contributed by atoms with Gasteiger partial charge in [0, 0.05) is 25.2 Å². The van der Waals surface area contributed by atoms with Gasteiger partial charge in [-0.05, 0) is 24.1 Å². The summed E-state index contributed by atoms with van der Waals surface area (Å²) >= 11 is 4.17. The quantitative estimate of drug-likeness (QED) is 0.491. The Morgan fingerprint density at radius 2 is 1.95 bits per heavy atom. The molecule has 0 aliphatic rings. The number of carbonyl (C=O) groups is 2. The third kappa shape index (κ3) is 6.21. The van der Waals surface area contributed by atoms with Gasteiger partial charge >= 0.3 is 11.9 Å². The van der Waals surface area contributed by atoms with Gasteiger partial charge in [0.05, 0.1) is 0 Å². The predicted octanol–water partition coefficient (Wildman–Crippen LogP) is 1.21. The number of hydrogen-bond acceptors (Lipinski definition) is 5. The molecule has 0 aromatic carbocycles. The topological polar surface area (TPSA) is 96.7 Å². The number of ether oxygens (including phenoxy) is 1. The minimum absolute atomic E-state index is 0.0852. The molecule has 2 N–H and O–H groups in total. The predicted molar refractivity (Wildman–Crippen MR) is 70.1 cm³/mol. The number of aromatic nitrogens is 1. The van der Waals surface area contributed by atoms with Crippen molar-refractivity contribution >= 4 is 24.6 Å². The first-order valence-corrected chi connectivity index (χ1v) is 6.17. The van der Waals surface area contributed by atoms with Crippen LogP contribution in [0, 0.1) is 0 Å². The molecule has 0 saturated carbocycles. The Balaban J connectivity index is 2.49. The Morgan fingerprint density at radius 3 is 2.47 bits per heavy atom. The number of carboxylic acids is 2. The summed E-state index contributed by atoms with van der Waals surface area (Å²) in [6.45, 7) is 0. The van der Waals surface area contributed by atoms with Crippen molar-refractivity contribution < 1.29 is 24.5 Å². The van der Waals surface area contributed by atoms with E-state index in [1.54, 1.807) is 24.5 Å². The molecule has 0 spiro atoms. The largest absolute Gasteiger partial charge is 0.481 e. The second-order valence-electron chi connectivity index (χ2n) is 3.91. The molecule has 6 nitrogen and oxygen atoms in total. The molecule has 2 atom stereocenters. The molecule has 19 heavy (non-hydrogen) atoms. The van der Waals surface area contributed by atoms with E-state index in [1.165, 1.54) is 0 Å². The van der Waals surface area contributed by atoms with E-state index in [1.807, 2.05) is 0 Å². The molecule has 1 aromatic rings. The SMILES string of the molecule is O=C(O)CCC(OC(S)Cc1ccncc1)C(=O)O. The highest BCUT2D eigenvalue weighted by atomic mass is 32.1. The molecule has 1 rings (SSSR count). The minimum atomic E-state index is -1.19. The van der Waals surface area contributed by atoms with Gasteiger partial charge in [-0.2, -0.15) is 0 Å². The molecule has 0 radical (unpaired) electrons. The molecule has 0 saturated heterocycles. The third-order valence-corrected chi connectivity index (χ3v) is 2.68. The highest BCUT2D eigenvalue weighted by Gasteiger charge is 2.22. The van der Waals surface area contributed by atoms with Crippen LogP contribution in [0.2, 0.25) is 0 Å². The molecular weight excluding hydrogens is 270 g/mol. The van der Waals surface area contributed by atoms with Gasteiger partial charge < -0.3 is 14.9 Å². The average Bonchev–Trinajstić information content (AvgIpc) is 2.35. The van der Waals surface area contributed by atoms with Crippen LogP contribution in [-0.2, 0) is 20.7 Å². The summed E-state index contributed by atoms with van der Waals surface area (Å²) in [7, 11) is 0. The maximum atomic E-state index is 10.9. The standard InChI is InChI=1S/C12H15NO5S/c14-10(15)2-1-9(12(16)17)18-11(19)7-8-3-5-13-6-4-8/h3-6,9,11,19H,1-2,7H2,(H,14,15)(H,16,17). The molecule has 7 heteroatoms. The van der Waals surface area contributed by atoms with Gasteiger partial charge in [-0.15, -0.1) is 12.6 Å². The molecular formula is C12H15NO5S. The van der Waals surface area contributed by atoms with Crippen LogP contribution in [0.5, 0.6) is 0 Å². The van der Waals surface area contributed by atoms with Crippen LogP contribution in [0.4, 0.5) is 0 Å². The van der Waals surface area contributed by atoms with E-state index in [2.05, 4.69) is 17.6 Å². The average molecular weight is 285 g/mol. The van der Waals surface area contributed by atoms with Gasteiger partial charge in [-0.25, -0.2) is 4.79 Å². The smallest absolute Gasteiger partial charge is 0.332 e. The van der Waals surface area contributed by atoms with Gasteiger partial charge in [0.2, 0.25) is 0 Å². The van der Waals surface area contributed by atoms with Crippen molar-refractivity contribution in [1.82, 2.24) is 4.98 Å². The Hall–Kier alpha value is -1.60. The summed E-state index contributed by atoms with van der Waals surface area (Å²) in [5, 5.41) is 17.5. The number of aliphatic carboxylic acids is 2. The lowest BCUT2D eigenvalue weighted by atomic mass is 10.2. The van der Waals surface area contributed by atoms with Crippen molar-refractivity contribution in [3.8, 4) is 0 Å². The lowest BCUT2D eigenvalue weighted by Gasteiger charge is -2.18. The zero-order valence-corrected chi connectivity index (χ0v) is 11.0. The molecule has 0 aliphatic heterocycles. The van der Waals surface area contributed by atoms with E-state index in [0.29, 0.717) is 6.42 Å². The van der Waals surface area contributed by atoms with E-state index >= 15 is 0 Å². The van der Waals surface area contributed by atoms with Gasteiger partial charge in [-0.3, -0.25) is 9.78 Å². The molecule has 1 heterocycles. The van der Waals surface area contributed by atoms with E-state index in [-0.39, 0.29) is 12.8 Å². The van der Waals surface area contributed by atoms with Gasteiger partial charge in [0.15, 0.2) is 6.10 Å². The van der Waals surface area contributed by atoms with E-state index < -0.39 is 23.5 Å². The fourth-order valence-electron chi connectivity index (χ4n) is 1.46. The van der Waals surface area contributed by atoms with E-state index in [9.17, 15) is 9.59 Å². The van der Waals surface area contributed by atoms with Crippen LogP contribution in [0.15, 0.2) is 24.5 Å². The number of pyridine rings is 1. The second kappa shape index (κ2) is 7.75. The maximum Gasteiger partial charge on any atom is 0.332 e. The second-order valence-corrected chi connectivity index (χ2v) is 4.49. The Bertz CT molecular complexity index is 425. The zero-order chi connectivity index (χ0) is 14.3. The fraction of sp³-hybridized carbons (Fsp3) is 0.417. The number of hydrogen-bond donors (Lipinski definition) is 3. The lowest BCUT2D eigenvalue weighted by Crippen LogP contribution is -2.28. The van der Waals surface area contributed by atoms with Crippen LogP contribution in [-0.4, -0.2) is 38.7 Å². The number of nitrogens with zero attached hydrogens (tertiary/aromatic N) is 1. The van der Waals surface area contributed by atoms with Crippen molar-refractivity contribution in [2.75, 3.05) is 0 Å². The zero-order valence-electron chi connectivity index (χ0n) is 10.1. The van der Waals surface area contributed by atoms with Crippen LogP contribution in [0.3, 0.4) is 0 Å². The lowest BCUT2D eigenvalue weighted by molar-refractivity contribution is -0.152. The van der Waals surface area contributed by atoms with Crippen LogP contribution >= 0.6 is 12.6 Å². The molecule has 0 amide bonds. The molecule has 0 bridgehead atoms.